The van der Waals surface area contributed by atoms with Crippen LogP contribution in [0.4, 0.5) is 32.3 Å². The number of aromatic nitrogens is 5. The first kappa shape index (κ1) is 18.5. The van der Waals surface area contributed by atoms with Crippen LogP contribution in [0.15, 0.2) is 36.7 Å². The normalized spacial score (nSPS) is 12.2. The number of hydrogen-bond acceptors (Lipinski definition) is 6. The van der Waals surface area contributed by atoms with Gasteiger partial charge in [0.05, 0.1) is 0 Å². The van der Waals surface area contributed by atoms with Crippen molar-refractivity contribution in [2.24, 2.45) is 0 Å². The Morgan fingerprint density at radius 3 is 1.44 bits per heavy atom. The van der Waals surface area contributed by atoms with E-state index in [2.05, 4.69) is 24.9 Å². The first-order valence-corrected chi connectivity index (χ1v) is 7.13. The topological polar surface area (TPSA) is 90.5 Å². The van der Waals surface area contributed by atoms with Gasteiger partial charge in [0.25, 0.3) is 0 Å². The minimum Gasteiger partial charge on any atom is -0.368 e. The molecule has 0 aromatic carbocycles. The molecule has 3 heterocycles. The van der Waals surface area contributed by atoms with Crippen LogP contribution in [-0.4, -0.2) is 24.9 Å². The first-order chi connectivity index (χ1) is 12.5. The van der Waals surface area contributed by atoms with Gasteiger partial charge < -0.3 is 5.73 Å². The third-order valence-corrected chi connectivity index (χ3v) is 3.27. The SMILES string of the molecule is Nc1nc(-c2ccnc(C(F)(F)F)c2)nc(-c2ccnc(C(F)(F)F)c2)n1. The standard InChI is InChI=1S/C15H8F6N6/c16-14(17,18)9-5-7(1-3-23-9)11-25-12(27-13(22)26-11)8-2-4-24-10(6-8)15(19,20)21/h1-6H,(H2,22,25,26,27). The van der Waals surface area contributed by atoms with Gasteiger partial charge >= 0.3 is 12.4 Å². The summed E-state index contributed by atoms with van der Waals surface area (Å²) in [6.07, 6.45) is -7.56. The molecule has 3 rings (SSSR count). The lowest BCUT2D eigenvalue weighted by Crippen LogP contribution is -2.09. The van der Waals surface area contributed by atoms with Crippen LogP contribution in [-0.2, 0) is 12.4 Å². The van der Waals surface area contributed by atoms with E-state index >= 15 is 0 Å². The molecule has 0 fully saturated rings. The summed E-state index contributed by atoms with van der Waals surface area (Å²) in [7, 11) is 0. The van der Waals surface area contributed by atoms with Crippen LogP contribution >= 0.6 is 0 Å². The maximum absolute atomic E-state index is 12.8. The van der Waals surface area contributed by atoms with Crippen LogP contribution in [0.3, 0.4) is 0 Å². The molecule has 6 nitrogen and oxygen atoms in total. The highest BCUT2D eigenvalue weighted by molar-refractivity contribution is 5.62. The molecule has 27 heavy (non-hydrogen) atoms. The second kappa shape index (κ2) is 6.45. The van der Waals surface area contributed by atoms with Crippen LogP contribution in [0.25, 0.3) is 22.8 Å². The molecule has 3 aromatic heterocycles. The highest BCUT2D eigenvalue weighted by Crippen LogP contribution is 2.31. The van der Waals surface area contributed by atoms with Gasteiger partial charge in [0.2, 0.25) is 5.95 Å². The molecule has 0 amide bonds. The average Bonchev–Trinajstić information content (AvgIpc) is 2.60. The second-order valence-electron chi connectivity index (χ2n) is 5.20. The van der Waals surface area contributed by atoms with E-state index in [1.165, 1.54) is 12.1 Å². The summed E-state index contributed by atoms with van der Waals surface area (Å²) in [5.41, 5.74) is 3.05. The van der Waals surface area contributed by atoms with E-state index in [-0.39, 0.29) is 28.7 Å². The van der Waals surface area contributed by atoms with Gasteiger partial charge in [0.15, 0.2) is 11.6 Å². The number of halogens is 6. The van der Waals surface area contributed by atoms with E-state index in [0.29, 0.717) is 12.1 Å². The monoisotopic (exact) mass is 386 g/mol. The molecule has 0 atom stereocenters. The molecule has 2 N–H and O–H groups in total. The lowest BCUT2D eigenvalue weighted by molar-refractivity contribution is -0.141. The van der Waals surface area contributed by atoms with Crippen molar-refractivity contribution in [2.45, 2.75) is 12.4 Å². The number of nitrogens with two attached hydrogens (primary N) is 1. The van der Waals surface area contributed by atoms with Crippen molar-refractivity contribution in [2.75, 3.05) is 5.73 Å². The van der Waals surface area contributed by atoms with Crippen LogP contribution in [0.1, 0.15) is 11.4 Å². The maximum atomic E-state index is 12.8. The third kappa shape index (κ3) is 4.10. The summed E-state index contributed by atoms with van der Waals surface area (Å²) in [6.45, 7) is 0. The largest absolute Gasteiger partial charge is 0.433 e. The van der Waals surface area contributed by atoms with Crippen molar-refractivity contribution in [3.63, 3.8) is 0 Å². The van der Waals surface area contributed by atoms with Gasteiger partial charge in [0, 0.05) is 23.5 Å². The third-order valence-electron chi connectivity index (χ3n) is 3.27. The summed E-state index contributed by atoms with van der Waals surface area (Å²) in [6, 6.07) is 3.82. The zero-order valence-electron chi connectivity index (χ0n) is 13.0. The Morgan fingerprint density at radius 1 is 0.667 bits per heavy atom. The van der Waals surface area contributed by atoms with E-state index in [9.17, 15) is 26.3 Å². The van der Waals surface area contributed by atoms with Gasteiger partial charge in [-0.1, -0.05) is 0 Å². The molecule has 12 heteroatoms. The maximum Gasteiger partial charge on any atom is 0.433 e. The average molecular weight is 386 g/mol. The number of alkyl halides is 6. The molecule has 0 aliphatic heterocycles. The molecule has 140 valence electrons. The highest BCUT2D eigenvalue weighted by Gasteiger charge is 2.33. The van der Waals surface area contributed by atoms with Gasteiger partial charge in [-0.3, -0.25) is 9.97 Å². The Bertz CT molecular complexity index is 909. The molecule has 0 saturated carbocycles. The molecule has 0 aliphatic rings. The van der Waals surface area contributed by atoms with Crippen molar-refractivity contribution in [3.05, 3.63) is 48.0 Å². The molecule has 0 bridgehead atoms. The number of anilines is 1. The minimum atomic E-state index is -4.69. The lowest BCUT2D eigenvalue weighted by Gasteiger charge is -2.09. The number of nitrogens with zero attached hydrogens (tertiary/aromatic N) is 5. The molecule has 0 aliphatic carbocycles. The number of hydrogen-bond donors (Lipinski definition) is 1. The summed E-state index contributed by atoms with van der Waals surface area (Å²) < 4.78 is 76.9. The van der Waals surface area contributed by atoms with Crippen molar-refractivity contribution < 1.29 is 26.3 Å². The molecule has 0 unspecified atom stereocenters. The smallest absolute Gasteiger partial charge is 0.368 e. The molecule has 0 radical (unpaired) electrons. The van der Waals surface area contributed by atoms with Crippen LogP contribution in [0, 0.1) is 0 Å². The summed E-state index contributed by atoms with van der Waals surface area (Å²) in [4.78, 5) is 17.9. The quantitative estimate of drug-likeness (QED) is 0.677. The fraction of sp³-hybridized carbons (Fsp3) is 0.133. The van der Waals surface area contributed by atoms with Gasteiger partial charge in [-0.05, 0) is 24.3 Å². The first-order valence-electron chi connectivity index (χ1n) is 7.13. The zero-order chi connectivity index (χ0) is 19.8. The fourth-order valence-corrected chi connectivity index (χ4v) is 2.10. The van der Waals surface area contributed by atoms with Crippen LogP contribution in [0.5, 0.6) is 0 Å². The van der Waals surface area contributed by atoms with Gasteiger partial charge in [-0.25, -0.2) is 4.98 Å². The predicted octanol–water partition coefficient (Wildman–Crippen LogP) is 3.62. The van der Waals surface area contributed by atoms with Crippen molar-refractivity contribution in [1.29, 1.82) is 0 Å². The van der Waals surface area contributed by atoms with Crippen molar-refractivity contribution in [3.8, 4) is 22.8 Å². The summed E-state index contributed by atoms with van der Waals surface area (Å²) >= 11 is 0. The van der Waals surface area contributed by atoms with Crippen LogP contribution < -0.4 is 5.73 Å². The summed E-state index contributed by atoms with van der Waals surface area (Å²) in [5, 5.41) is 0. The number of rotatable bonds is 2. The molecular weight excluding hydrogens is 378 g/mol. The highest BCUT2D eigenvalue weighted by atomic mass is 19.4. The Kier molecular flexibility index (Phi) is 4.41. The van der Waals surface area contributed by atoms with Crippen molar-refractivity contribution >= 4 is 5.95 Å². The number of pyridine rings is 2. The van der Waals surface area contributed by atoms with Gasteiger partial charge in [0.1, 0.15) is 11.4 Å². The van der Waals surface area contributed by atoms with Gasteiger partial charge in [-0.15, -0.1) is 0 Å². The van der Waals surface area contributed by atoms with E-state index in [4.69, 9.17) is 5.73 Å². The molecular formula is C15H8F6N6. The Balaban J connectivity index is 2.09. The predicted molar refractivity (Wildman–Crippen MR) is 80.7 cm³/mol. The van der Waals surface area contributed by atoms with Gasteiger partial charge in [-0.2, -0.15) is 36.3 Å². The van der Waals surface area contributed by atoms with Crippen LogP contribution in [0.2, 0.25) is 0 Å². The Hall–Kier alpha value is -3.31. The van der Waals surface area contributed by atoms with E-state index < -0.39 is 23.7 Å². The number of nitrogen functional groups attached to an aromatic ring is 1. The second-order valence-corrected chi connectivity index (χ2v) is 5.20. The lowest BCUT2D eigenvalue weighted by atomic mass is 10.2. The minimum absolute atomic E-state index is 0.0715. The fourth-order valence-electron chi connectivity index (χ4n) is 2.10. The molecule has 3 aromatic rings. The summed E-state index contributed by atoms with van der Waals surface area (Å²) in [5.74, 6) is -0.850. The Morgan fingerprint density at radius 2 is 1.07 bits per heavy atom. The van der Waals surface area contributed by atoms with E-state index in [0.717, 1.165) is 12.4 Å². The van der Waals surface area contributed by atoms with E-state index in [1.807, 2.05) is 0 Å². The van der Waals surface area contributed by atoms with E-state index in [1.54, 1.807) is 0 Å². The van der Waals surface area contributed by atoms with Crippen molar-refractivity contribution in [1.82, 2.24) is 24.9 Å². The zero-order valence-corrected chi connectivity index (χ0v) is 13.0. The molecule has 0 saturated heterocycles. The molecule has 0 spiro atoms. The Labute approximate surface area is 147 Å².